The summed E-state index contributed by atoms with van der Waals surface area (Å²) >= 11 is 12.3. The molecule has 3 rings (SSSR count). The van der Waals surface area contributed by atoms with E-state index in [0.29, 0.717) is 27.7 Å². The van der Waals surface area contributed by atoms with Gasteiger partial charge in [-0.25, -0.2) is 8.42 Å². The quantitative estimate of drug-likeness (QED) is 0.326. The van der Waals surface area contributed by atoms with Crippen molar-refractivity contribution < 1.29 is 18.0 Å². The molecule has 0 saturated heterocycles. The van der Waals surface area contributed by atoms with E-state index in [1.807, 2.05) is 13.8 Å². The third kappa shape index (κ3) is 7.28. The molecule has 7 nitrogen and oxygen atoms in total. The molecule has 0 unspecified atom stereocenters. The maximum absolute atomic E-state index is 13.9. The first-order valence-electron chi connectivity index (χ1n) is 12.2. The van der Waals surface area contributed by atoms with Gasteiger partial charge >= 0.3 is 0 Å². The number of anilines is 1. The Morgan fingerprint density at radius 2 is 1.50 bits per heavy atom. The molecule has 0 aliphatic heterocycles. The van der Waals surface area contributed by atoms with Crippen molar-refractivity contribution in [3.8, 4) is 0 Å². The third-order valence-corrected chi connectivity index (χ3v) is 8.34. The van der Waals surface area contributed by atoms with Crippen LogP contribution in [0.15, 0.2) is 83.8 Å². The van der Waals surface area contributed by atoms with Crippen LogP contribution in [0.5, 0.6) is 0 Å². The Morgan fingerprint density at radius 1 is 0.895 bits per heavy atom. The van der Waals surface area contributed by atoms with Gasteiger partial charge in [0.05, 0.1) is 20.6 Å². The fourth-order valence-electron chi connectivity index (χ4n) is 3.98. The first kappa shape index (κ1) is 29.5. The molecule has 1 N–H and O–H groups in total. The average molecular weight is 577 g/mol. The van der Waals surface area contributed by atoms with Crippen LogP contribution in [-0.4, -0.2) is 43.8 Å². The van der Waals surface area contributed by atoms with E-state index in [2.05, 4.69) is 5.32 Å². The van der Waals surface area contributed by atoms with Crippen molar-refractivity contribution in [3.05, 3.63) is 94.5 Å². The Bertz CT molecular complexity index is 1350. The van der Waals surface area contributed by atoms with Gasteiger partial charge in [0.25, 0.3) is 10.0 Å². The number of carbonyl (C=O) groups excluding carboxylic acids is 2. The summed E-state index contributed by atoms with van der Waals surface area (Å²) in [6.45, 7) is 5.00. The molecule has 0 heterocycles. The van der Waals surface area contributed by atoms with Crippen LogP contribution in [0.25, 0.3) is 0 Å². The number of hydrogen-bond acceptors (Lipinski definition) is 4. The van der Waals surface area contributed by atoms with Crippen LogP contribution >= 0.6 is 23.2 Å². The van der Waals surface area contributed by atoms with Crippen LogP contribution in [0, 0.1) is 0 Å². The summed E-state index contributed by atoms with van der Waals surface area (Å²) in [5.74, 6) is -0.863. The van der Waals surface area contributed by atoms with E-state index in [4.69, 9.17) is 23.2 Å². The fraction of sp³-hybridized carbons (Fsp3) is 0.286. The molecule has 38 heavy (non-hydrogen) atoms. The molecular formula is C28H31Cl2N3O4S. The number of carbonyl (C=O) groups is 2. The SMILES string of the molecule is CC[C@@H](C(=O)NC(C)C)N(Cc1ccc(Cl)c(Cl)c1)C(=O)CN(c1ccccc1)S(=O)(=O)c1ccccc1. The van der Waals surface area contributed by atoms with Crippen LogP contribution in [0.4, 0.5) is 5.69 Å². The van der Waals surface area contributed by atoms with Gasteiger partial charge in [-0.05, 0) is 62.2 Å². The maximum Gasteiger partial charge on any atom is 0.264 e. The lowest BCUT2D eigenvalue weighted by atomic mass is 10.1. The molecule has 0 aliphatic carbocycles. The molecule has 1 atom stereocenters. The minimum atomic E-state index is -4.09. The number of nitrogens with one attached hydrogen (secondary N) is 1. The molecule has 0 aliphatic rings. The van der Waals surface area contributed by atoms with Gasteiger partial charge in [0.1, 0.15) is 12.6 Å². The molecule has 0 bridgehead atoms. The van der Waals surface area contributed by atoms with Crippen LogP contribution in [0.2, 0.25) is 10.0 Å². The van der Waals surface area contributed by atoms with Gasteiger partial charge in [-0.15, -0.1) is 0 Å². The zero-order valence-corrected chi connectivity index (χ0v) is 23.8. The van der Waals surface area contributed by atoms with Crippen LogP contribution in [-0.2, 0) is 26.2 Å². The highest BCUT2D eigenvalue weighted by Gasteiger charge is 2.33. The molecular weight excluding hydrogens is 545 g/mol. The van der Waals surface area contributed by atoms with Crippen molar-refractivity contribution in [2.75, 3.05) is 10.8 Å². The van der Waals surface area contributed by atoms with E-state index in [-0.39, 0.29) is 23.4 Å². The zero-order valence-electron chi connectivity index (χ0n) is 21.5. The predicted octanol–water partition coefficient (Wildman–Crippen LogP) is 5.52. The number of nitrogens with zero attached hydrogens (tertiary/aromatic N) is 2. The maximum atomic E-state index is 13.9. The highest BCUT2D eigenvalue weighted by atomic mass is 35.5. The first-order valence-corrected chi connectivity index (χ1v) is 14.4. The molecule has 0 aromatic heterocycles. The summed E-state index contributed by atoms with van der Waals surface area (Å²) in [5.41, 5.74) is 0.986. The standard InChI is InChI=1S/C28H31Cl2N3O4S/c1-4-26(28(35)31-20(2)3)32(18-21-15-16-24(29)25(30)17-21)27(34)19-33(22-11-7-5-8-12-22)38(36,37)23-13-9-6-10-14-23/h5-17,20,26H,4,18-19H2,1-3H3,(H,31,35)/t26-/m0/s1. The van der Waals surface area contributed by atoms with Gasteiger partial charge in [0.15, 0.2) is 0 Å². The molecule has 0 spiro atoms. The predicted molar refractivity (Wildman–Crippen MR) is 152 cm³/mol. The second-order valence-electron chi connectivity index (χ2n) is 9.02. The largest absolute Gasteiger partial charge is 0.352 e. The normalized spacial score (nSPS) is 12.2. The van der Waals surface area contributed by atoms with Crippen molar-refractivity contribution in [1.82, 2.24) is 10.2 Å². The molecule has 3 aromatic rings. The molecule has 202 valence electrons. The highest BCUT2D eigenvalue weighted by Crippen LogP contribution is 2.26. The van der Waals surface area contributed by atoms with E-state index in [0.717, 1.165) is 4.31 Å². The Labute approximate surface area is 234 Å². The summed E-state index contributed by atoms with van der Waals surface area (Å²) in [6.07, 6.45) is 0.322. The number of para-hydroxylation sites is 1. The van der Waals surface area contributed by atoms with Gasteiger partial charge in [-0.2, -0.15) is 0 Å². The van der Waals surface area contributed by atoms with E-state index < -0.39 is 28.5 Å². The van der Waals surface area contributed by atoms with E-state index >= 15 is 0 Å². The van der Waals surface area contributed by atoms with Crippen molar-refractivity contribution in [3.63, 3.8) is 0 Å². The average Bonchev–Trinajstić information content (AvgIpc) is 2.89. The van der Waals surface area contributed by atoms with Crippen molar-refractivity contribution >= 4 is 50.7 Å². The number of benzene rings is 3. The number of rotatable bonds is 11. The van der Waals surface area contributed by atoms with Crippen molar-refractivity contribution in [2.45, 2.75) is 50.7 Å². The smallest absolute Gasteiger partial charge is 0.264 e. The third-order valence-electron chi connectivity index (χ3n) is 5.81. The molecule has 3 aromatic carbocycles. The van der Waals surface area contributed by atoms with Crippen LogP contribution in [0.1, 0.15) is 32.8 Å². The number of halogens is 2. The summed E-state index contributed by atoms with van der Waals surface area (Å²) in [4.78, 5) is 28.5. The topological polar surface area (TPSA) is 86.8 Å². The Balaban J connectivity index is 2.04. The number of amides is 2. The van der Waals surface area contributed by atoms with Gasteiger partial charge in [-0.1, -0.05) is 72.6 Å². The Kier molecular flexibility index (Phi) is 10.2. The number of hydrogen-bond donors (Lipinski definition) is 1. The molecule has 0 radical (unpaired) electrons. The van der Waals surface area contributed by atoms with Crippen LogP contribution < -0.4 is 9.62 Å². The molecule has 10 heteroatoms. The summed E-state index contributed by atoms with van der Waals surface area (Å²) in [7, 11) is -4.09. The van der Waals surface area contributed by atoms with Crippen molar-refractivity contribution in [2.24, 2.45) is 0 Å². The monoisotopic (exact) mass is 575 g/mol. The van der Waals surface area contributed by atoms with E-state index in [9.17, 15) is 18.0 Å². The molecule has 0 saturated carbocycles. The Hall–Kier alpha value is -3.07. The number of sulfonamides is 1. The minimum absolute atomic E-state index is 0.0355. The second kappa shape index (κ2) is 13.1. The van der Waals surface area contributed by atoms with Crippen molar-refractivity contribution in [1.29, 1.82) is 0 Å². The summed E-state index contributed by atoms with van der Waals surface area (Å²) < 4.78 is 28.5. The van der Waals surface area contributed by atoms with Gasteiger partial charge in [0.2, 0.25) is 11.8 Å². The fourth-order valence-corrected chi connectivity index (χ4v) is 5.73. The van der Waals surface area contributed by atoms with Gasteiger partial charge in [0, 0.05) is 12.6 Å². The molecule has 2 amide bonds. The van der Waals surface area contributed by atoms with Gasteiger partial charge in [-0.3, -0.25) is 13.9 Å². The van der Waals surface area contributed by atoms with Gasteiger partial charge < -0.3 is 10.2 Å². The molecule has 0 fully saturated rings. The van der Waals surface area contributed by atoms with E-state index in [1.165, 1.54) is 17.0 Å². The first-order chi connectivity index (χ1) is 18.0. The lowest BCUT2D eigenvalue weighted by molar-refractivity contribution is -0.140. The highest BCUT2D eigenvalue weighted by molar-refractivity contribution is 7.92. The lowest BCUT2D eigenvalue weighted by Gasteiger charge is -2.33. The summed E-state index contributed by atoms with van der Waals surface area (Å²) in [5, 5.41) is 3.54. The Morgan fingerprint density at radius 3 is 2.05 bits per heavy atom. The summed E-state index contributed by atoms with van der Waals surface area (Å²) in [6, 6.07) is 20.3. The van der Waals surface area contributed by atoms with Crippen LogP contribution in [0.3, 0.4) is 0 Å². The lowest BCUT2D eigenvalue weighted by Crippen LogP contribution is -2.53. The minimum Gasteiger partial charge on any atom is -0.352 e. The van der Waals surface area contributed by atoms with E-state index in [1.54, 1.807) is 73.7 Å². The second-order valence-corrected chi connectivity index (χ2v) is 11.7. The zero-order chi connectivity index (χ0) is 27.9.